The molecule has 0 spiro atoms. The summed E-state index contributed by atoms with van der Waals surface area (Å²) in [5.74, 6) is 0.943. The van der Waals surface area contributed by atoms with Crippen LogP contribution in [0.25, 0.3) is 0 Å². The van der Waals surface area contributed by atoms with E-state index >= 15 is 0 Å². The van der Waals surface area contributed by atoms with Crippen LogP contribution in [-0.2, 0) is 6.54 Å². The van der Waals surface area contributed by atoms with Crippen LogP contribution in [0.2, 0.25) is 0 Å². The first-order valence-corrected chi connectivity index (χ1v) is 9.15. The number of benzene rings is 1. The molecule has 0 radical (unpaired) electrons. The quantitative estimate of drug-likeness (QED) is 0.752. The predicted octanol–water partition coefficient (Wildman–Crippen LogP) is 1.09. The number of allylic oxidation sites excluding steroid dienone is 2. The predicted molar refractivity (Wildman–Crippen MR) is 90.6 cm³/mol. The van der Waals surface area contributed by atoms with Crippen molar-refractivity contribution in [2.24, 2.45) is 5.92 Å². The molecule has 0 unspecified atom stereocenters. The number of rotatable bonds is 4. The summed E-state index contributed by atoms with van der Waals surface area (Å²) < 4.78 is 1.18. The molecule has 21 heavy (non-hydrogen) atoms. The molecule has 114 valence electrons. The summed E-state index contributed by atoms with van der Waals surface area (Å²) in [6.45, 7) is 7.95. The molecule has 0 amide bonds. The van der Waals surface area contributed by atoms with Gasteiger partial charge >= 0.3 is 0 Å². The molecule has 0 bridgehead atoms. The molecule has 1 aromatic carbocycles. The third-order valence-corrected chi connectivity index (χ3v) is 5.52. The number of piperazine rings is 1. The highest BCUT2D eigenvalue weighted by Crippen LogP contribution is 2.16. The van der Waals surface area contributed by atoms with Crippen LogP contribution in [-0.4, -0.2) is 32.7 Å². The fraction of sp³-hybridized carbons (Fsp3) is 0.556. The maximum Gasteiger partial charge on any atom is 0.127 e. The van der Waals surface area contributed by atoms with E-state index in [2.05, 4.69) is 52.3 Å². The summed E-state index contributed by atoms with van der Waals surface area (Å²) in [6, 6.07) is 8.83. The van der Waals surface area contributed by atoms with Crippen LogP contribution < -0.4 is 9.80 Å². The first-order chi connectivity index (χ1) is 10.3. The standard InChI is InChI=1S/C18H25BrN2/c19-18-8-6-17(7-9-18)15-21-12-10-20(11-13-21)14-16-4-2-1-3-5-16/h1-2,6-9,16H,3-5,10-15H2/p+2/t16-/m0/s1. The van der Waals surface area contributed by atoms with Gasteiger partial charge in [0.2, 0.25) is 0 Å². The highest BCUT2D eigenvalue weighted by atomic mass is 79.9. The molecule has 1 aromatic rings. The molecule has 0 aromatic heterocycles. The lowest BCUT2D eigenvalue weighted by Crippen LogP contribution is -3.27. The first-order valence-electron chi connectivity index (χ1n) is 8.36. The van der Waals surface area contributed by atoms with E-state index in [4.69, 9.17) is 0 Å². The zero-order chi connectivity index (χ0) is 14.5. The van der Waals surface area contributed by atoms with Gasteiger partial charge in [-0.3, -0.25) is 0 Å². The van der Waals surface area contributed by atoms with E-state index in [0.717, 1.165) is 5.92 Å². The molecule has 1 heterocycles. The van der Waals surface area contributed by atoms with Gasteiger partial charge in [0.1, 0.15) is 32.7 Å². The summed E-state index contributed by atoms with van der Waals surface area (Å²) in [5, 5.41) is 0. The lowest BCUT2D eigenvalue weighted by molar-refractivity contribution is -1.02. The maximum atomic E-state index is 3.51. The Morgan fingerprint density at radius 3 is 2.33 bits per heavy atom. The smallest absolute Gasteiger partial charge is 0.127 e. The Balaban J connectivity index is 1.42. The highest BCUT2D eigenvalue weighted by Gasteiger charge is 2.25. The molecule has 0 saturated carbocycles. The topological polar surface area (TPSA) is 8.88 Å². The van der Waals surface area contributed by atoms with Crippen LogP contribution >= 0.6 is 15.9 Å². The van der Waals surface area contributed by atoms with E-state index in [1.807, 2.05) is 4.90 Å². The second kappa shape index (κ2) is 7.57. The molecular formula is C18H27BrN2+2. The van der Waals surface area contributed by atoms with E-state index < -0.39 is 0 Å². The fourth-order valence-corrected chi connectivity index (χ4v) is 3.94. The van der Waals surface area contributed by atoms with E-state index in [1.165, 1.54) is 68.6 Å². The lowest BCUT2D eigenvalue weighted by Gasteiger charge is -2.32. The van der Waals surface area contributed by atoms with Crippen LogP contribution in [0.15, 0.2) is 40.9 Å². The van der Waals surface area contributed by atoms with Crippen molar-refractivity contribution in [3.63, 3.8) is 0 Å². The van der Waals surface area contributed by atoms with Crippen molar-refractivity contribution in [2.45, 2.75) is 25.8 Å². The Kier molecular flexibility index (Phi) is 5.50. The Morgan fingerprint density at radius 2 is 1.67 bits per heavy atom. The van der Waals surface area contributed by atoms with Crippen molar-refractivity contribution in [2.75, 3.05) is 32.7 Å². The lowest BCUT2D eigenvalue weighted by atomic mass is 9.94. The minimum atomic E-state index is 0.943. The molecule has 3 rings (SSSR count). The Hall–Kier alpha value is -0.640. The number of halogens is 1. The molecule has 1 atom stereocenters. The summed E-state index contributed by atoms with van der Waals surface area (Å²) in [5.41, 5.74) is 1.47. The third-order valence-electron chi connectivity index (χ3n) is 4.99. The average molecular weight is 351 g/mol. The van der Waals surface area contributed by atoms with Gasteiger partial charge in [-0.15, -0.1) is 0 Å². The molecule has 1 fully saturated rings. The normalized spacial score (nSPS) is 29.5. The minimum Gasteiger partial charge on any atom is -0.325 e. The first kappa shape index (κ1) is 15.3. The minimum absolute atomic E-state index is 0.943. The largest absolute Gasteiger partial charge is 0.325 e. The molecule has 3 heteroatoms. The Labute approximate surface area is 136 Å². The van der Waals surface area contributed by atoms with Gasteiger partial charge in [0.05, 0.1) is 6.54 Å². The fourth-order valence-electron chi connectivity index (χ4n) is 3.68. The molecule has 2 N–H and O–H groups in total. The number of nitrogens with one attached hydrogen (secondary N) is 2. The van der Waals surface area contributed by atoms with Crippen LogP contribution in [0, 0.1) is 5.92 Å². The third kappa shape index (κ3) is 4.67. The van der Waals surface area contributed by atoms with Crippen molar-refractivity contribution in [3.05, 3.63) is 46.5 Å². The van der Waals surface area contributed by atoms with Gasteiger partial charge in [-0.05, 0) is 31.4 Å². The van der Waals surface area contributed by atoms with Gasteiger partial charge < -0.3 is 9.80 Å². The second-order valence-electron chi connectivity index (χ2n) is 6.66. The van der Waals surface area contributed by atoms with E-state index in [1.54, 1.807) is 4.90 Å². The average Bonchev–Trinajstić information content (AvgIpc) is 2.53. The number of hydrogen-bond donors (Lipinski definition) is 2. The Bertz CT molecular complexity index is 461. The zero-order valence-electron chi connectivity index (χ0n) is 12.8. The second-order valence-corrected chi connectivity index (χ2v) is 7.57. The monoisotopic (exact) mass is 350 g/mol. The van der Waals surface area contributed by atoms with Crippen molar-refractivity contribution in [3.8, 4) is 0 Å². The number of hydrogen-bond acceptors (Lipinski definition) is 0. The molecule has 2 nitrogen and oxygen atoms in total. The molecule has 2 aliphatic rings. The zero-order valence-corrected chi connectivity index (χ0v) is 14.4. The summed E-state index contributed by atoms with van der Waals surface area (Å²) in [7, 11) is 0. The maximum absolute atomic E-state index is 3.51. The molecule has 1 saturated heterocycles. The molecule has 1 aliphatic heterocycles. The molecule has 1 aliphatic carbocycles. The van der Waals surface area contributed by atoms with Crippen LogP contribution in [0.1, 0.15) is 24.8 Å². The number of quaternary nitrogens is 2. The summed E-state index contributed by atoms with van der Waals surface area (Å²) in [6.07, 6.45) is 8.78. The SMILES string of the molecule is Brc1ccc(C[NH+]2CC[NH+](C[C@H]3CC=CCC3)CC2)cc1. The summed E-state index contributed by atoms with van der Waals surface area (Å²) in [4.78, 5) is 3.60. The Morgan fingerprint density at radius 1 is 0.952 bits per heavy atom. The van der Waals surface area contributed by atoms with Crippen LogP contribution in [0.4, 0.5) is 0 Å². The van der Waals surface area contributed by atoms with Gasteiger partial charge in [0.15, 0.2) is 0 Å². The van der Waals surface area contributed by atoms with E-state index in [0.29, 0.717) is 0 Å². The van der Waals surface area contributed by atoms with E-state index in [-0.39, 0.29) is 0 Å². The van der Waals surface area contributed by atoms with Crippen molar-refractivity contribution in [1.82, 2.24) is 0 Å². The van der Waals surface area contributed by atoms with Crippen LogP contribution in [0.5, 0.6) is 0 Å². The van der Waals surface area contributed by atoms with Crippen LogP contribution in [0.3, 0.4) is 0 Å². The van der Waals surface area contributed by atoms with Gasteiger partial charge in [0.25, 0.3) is 0 Å². The van der Waals surface area contributed by atoms with Crippen molar-refractivity contribution < 1.29 is 9.80 Å². The van der Waals surface area contributed by atoms with Gasteiger partial charge in [-0.1, -0.05) is 40.2 Å². The molecular weight excluding hydrogens is 324 g/mol. The van der Waals surface area contributed by atoms with Gasteiger partial charge in [-0.2, -0.15) is 0 Å². The highest BCUT2D eigenvalue weighted by molar-refractivity contribution is 9.10. The van der Waals surface area contributed by atoms with Gasteiger partial charge in [0, 0.05) is 16.0 Å². The van der Waals surface area contributed by atoms with Crippen molar-refractivity contribution >= 4 is 15.9 Å². The summed E-state index contributed by atoms with van der Waals surface area (Å²) >= 11 is 3.51. The van der Waals surface area contributed by atoms with E-state index in [9.17, 15) is 0 Å². The van der Waals surface area contributed by atoms with Gasteiger partial charge in [-0.25, -0.2) is 0 Å². The van der Waals surface area contributed by atoms with Crippen molar-refractivity contribution in [1.29, 1.82) is 0 Å².